The number of hydrazine groups is 1. The number of carbonyl (C=O) groups is 2. The van der Waals surface area contributed by atoms with E-state index in [-0.39, 0.29) is 17.3 Å². The fourth-order valence-electron chi connectivity index (χ4n) is 2.38. The van der Waals surface area contributed by atoms with Gasteiger partial charge in [0.25, 0.3) is 11.5 Å². The predicted octanol–water partition coefficient (Wildman–Crippen LogP) is 2.44. The van der Waals surface area contributed by atoms with Crippen LogP contribution >= 0.6 is 11.3 Å². The zero-order valence-corrected chi connectivity index (χ0v) is 14.5. The molecule has 0 spiro atoms. The number of nitrogens with one attached hydrogen (secondary N) is 2. The molecule has 0 bridgehead atoms. The zero-order valence-electron chi connectivity index (χ0n) is 13.7. The molecule has 2 N–H and O–H groups in total. The van der Waals surface area contributed by atoms with E-state index < -0.39 is 5.91 Å². The molecule has 128 valence electrons. The topological polar surface area (TPSA) is 93.1 Å². The molecule has 25 heavy (non-hydrogen) atoms. The molecular weight excluding hydrogens is 340 g/mol. The van der Waals surface area contributed by atoms with Gasteiger partial charge in [0.2, 0.25) is 5.95 Å². The number of hydrogen-bond donors (Lipinski definition) is 2. The van der Waals surface area contributed by atoms with Crippen LogP contribution in [0.25, 0.3) is 10.9 Å². The van der Waals surface area contributed by atoms with E-state index in [1.807, 2.05) is 6.92 Å². The van der Waals surface area contributed by atoms with Crippen molar-refractivity contribution < 1.29 is 9.59 Å². The number of nitrogens with zero attached hydrogens (tertiary/aromatic N) is 2. The van der Waals surface area contributed by atoms with E-state index in [0.717, 1.165) is 11.3 Å². The van der Waals surface area contributed by atoms with E-state index >= 15 is 0 Å². The van der Waals surface area contributed by atoms with E-state index in [9.17, 15) is 14.4 Å². The largest absolute Gasteiger partial charge is 0.294 e. The number of thiophene rings is 1. The smallest absolute Gasteiger partial charge is 0.279 e. The lowest BCUT2D eigenvalue weighted by Gasteiger charge is -2.13. The van der Waals surface area contributed by atoms with Crippen LogP contribution in [0, 0.1) is 0 Å². The first-order valence-electron chi connectivity index (χ1n) is 7.68. The summed E-state index contributed by atoms with van der Waals surface area (Å²) >= 11 is 1.11. The minimum atomic E-state index is -0.400. The molecule has 0 unspecified atom stereocenters. The van der Waals surface area contributed by atoms with E-state index in [1.165, 1.54) is 11.5 Å². The Kier molecular flexibility index (Phi) is 4.62. The molecule has 0 aliphatic rings. The van der Waals surface area contributed by atoms with Crippen molar-refractivity contribution in [3.63, 3.8) is 0 Å². The summed E-state index contributed by atoms with van der Waals surface area (Å²) in [6, 6.07) is 10.2. The fourth-order valence-corrected chi connectivity index (χ4v) is 3.18. The Morgan fingerprint density at radius 3 is 2.56 bits per heavy atom. The van der Waals surface area contributed by atoms with Crippen molar-refractivity contribution >= 4 is 39.9 Å². The third kappa shape index (κ3) is 3.29. The molecule has 0 aliphatic carbocycles. The van der Waals surface area contributed by atoms with Gasteiger partial charge in [0, 0.05) is 6.54 Å². The number of amides is 1. The first-order chi connectivity index (χ1) is 12.0. The molecular formula is C17H16N4O3S. The van der Waals surface area contributed by atoms with Gasteiger partial charge in [-0.05, 0) is 38.1 Å². The van der Waals surface area contributed by atoms with Crippen molar-refractivity contribution in [2.24, 2.45) is 0 Å². The van der Waals surface area contributed by atoms with E-state index in [1.54, 1.807) is 36.4 Å². The van der Waals surface area contributed by atoms with Gasteiger partial charge in [-0.2, -0.15) is 0 Å². The Balaban J connectivity index is 1.86. The van der Waals surface area contributed by atoms with Crippen LogP contribution in [0.4, 0.5) is 5.95 Å². The van der Waals surface area contributed by atoms with Crippen LogP contribution in [0.5, 0.6) is 0 Å². The highest BCUT2D eigenvalue weighted by Crippen LogP contribution is 2.17. The highest BCUT2D eigenvalue weighted by molar-refractivity contribution is 7.15. The van der Waals surface area contributed by atoms with Crippen LogP contribution in [-0.4, -0.2) is 21.2 Å². The highest BCUT2D eigenvalue weighted by atomic mass is 32.1. The average molecular weight is 356 g/mol. The summed E-state index contributed by atoms with van der Waals surface area (Å²) in [4.78, 5) is 41.3. The maximum Gasteiger partial charge on any atom is 0.279 e. The summed E-state index contributed by atoms with van der Waals surface area (Å²) in [5, 5.41) is 0.519. The van der Waals surface area contributed by atoms with Gasteiger partial charge in [0.1, 0.15) is 0 Å². The van der Waals surface area contributed by atoms with Crippen LogP contribution in [0.15, 0.2) is 41.2 Å². The second kappa shape index (κ2) is 6.86. The number of para-hydroxylation sites is 1. The van der Waals surface area contributed by atoms with Crippen molar-refractivity contribution in [3.05, 3.63) is 56.5 Å². The van der Waals surface area contributed by atoms with Crippen molar-refractivity contribution in [2.75, 3.05) is 5.43 Å². The van der Waals surface area contributed by atoms with E-state index in [2.05, 4.69) is 15.8 Å². The van der Waals surface area contributed by atoms with Gasteiger partial charge in [-0.25, -0.2) is 4.98 Å². The standard InChI is InChI=1S/C17H16N4O3S/c1-3-21-16(24)11-6-4-5-7-12(11)18-17(21)20-19-15(23)14-9-8-13(25-14)10(2)22/h4-9H,3H2,1-2H3,(H,18,20)(H,19,23). The van der Waals surface area contributed by atoms with Gasteiger partial charge in [-0.1, -0.05) is 12.1 Å². The second-order valence-corrected chi connectivity index (χ2v) is 6.38. The Bertz CT molecular complexity index is 1020. The van der Waals surface area contributed by atoms with E-state index in [0.29, 0.717) is 27.2 Å². The summed E-state index contributed by atoms with van der Waals surface area (Å²) in [5.74, 6) is -0.238. The number of ketones is 1. The van der Waals surface area contributed by atoms with Gasteiger partial charge in [0.05, 0.1) is 20.7 Å². The summed E-state index contributed by atoms with van der Waals surface area (Å²) in [5.41, 5.74) is 5.59. The van der Waals surface area contributed by atoms with Gasteiger partial charge in [0.15, 0.2) is 5.78 Å². The highest BCUT2D eigenvalue weighted by Gasteiger charge is 2.13. The lowest BCUT2D eigenvalue weighted by Crippen LogP contribution is -2.34. The maximum absolute atomic E-state index is 12.5. The molecule has 0 saturated carbocycles. The average Bonchev–Trinajstić information content (AvgIpc) is 3.10. The molecule has 0 saturated heterocycles. The molecule has 0 atom stereocenters. The second-order valence-electron chi connectivity index (χ2n) is 5.30. The van der Waals surface area contributed by atoms with Crippen LogP contribution in [-0.2, 0) is 6.54 Å². The molecule has 7 nitrogen and oxygen atoms in total. The maximum atomic E-state index is 12.5. The fraction of sp³-hybridized carbons (Fsp3) is 0.176. The minimum Gasteiger partial charge on any atom is -0.294 e. The number of aromatic nitrogens is 2. The van der Waals surface area contributed by atoms with Crippen molar-refractivity contribution in [1.82, 2.24) is 15.0 Å². The van der Waals surface area contributed by atoms with Gasteiger partial charge in [-0.3, -0.25) is 29.8 Å². The summed E-state index contributed by atoms with van der Waals surface area (Å²) in [6.45, 7) is 3.68. The molecule has 8 heteroatoms. The molecule has 1 amide bonds. The van der Waals surface area contributed by atoms with Crippen LogP contribution in [0.3, 0.4) is 0 Å². The molecule has 3 aromatic rings. The lowest BCUT2D eigenvalue weighted by atomic mass is 10.2. The van der Waals surface area contributed by atoms with Gasteiger partial charge < -0.3 is 0 Å². The molecule has 2 heterocycles. The number of carbonyl (C=O) groups excluding carboxylic acids is 2. The first-order valence-corrected chi connectivity index (χ1v) is 8.49. The SMILES string of the molecule is CCn1c(NNC(=O)c2ccc(C(C)=O)s2)nc2ccccc2c1=O. The molecule has 0 aliphatic heterocycles. The minimum absolute atomic E-state index is 0.0898. The van der Waals surface area contributed by atoms with Gasteiger partial charge in [-0.15, -0.1) is 11.3 Å². The van der Waals surface area contributed by atoms with Crippen molar-refractivity contribution in [3.8, 4) is 0 Å². The van der Waals surface area contributed by atoms with Crippen LogP contribution in [0.1, 0.15) is 33.2 Å². The normalized spacial score (nSPS) is 10.6. The number of rotatable bonds is 5. The van der Waals surface area contributed by atoms with Crippen LogP contribution in [0.2, 0.25) is 0 Å². The molecule has 3 rings (SSSR count). The van der Waals surface area contributed by atoms with E-state index in [4.69, 9.17) is 0 Å². The summed E-state index contributed by atoms with van der Waals surface area (Å²) in [6.07, 6.45) is 0. The first kappa shape index (κ1) is 16.8. The zero-order chi connectivity index (χ0) is 18.0. The molecule has 2 aromatic heterocycles. The number of Topliss-reactive ketones (excluding diaryl/α,β-unsaturated/α-hetero) is 1. The molecule has 1 aromatic carbocycles. The Morgan fingerprint density at radius 2 is 1.88 bits per heavy atom. The Labute approximate surface area is 147 Å². The number of hydrogen-bond acceptors (Lipinski definition) is 6. The third-order valence-corrected chi connectivity index (χ3v) is 4.83. The third-order valence-electron chi connectivity index (χ3n) is 3.64. The summed E-state index contributed by atoms with van der Waals surface area (Å²) < 4.78 is 1.44. The number of fused-ring (bicyclic) bond motifs is 1. The van der Waals surface area contributed by atoms with Gasteiger partial charge >= 0.3 is 0 Å². The Hall–Kier alpha value is -3.00. The van der Waals surface area contributed by atoms with Crippen molar-refractivity contribution in [1.29, 1.82) is 0 Å². The van der Waals surface area contributed by atoms with Crippen molar-refractivity contribution in [2.45, 2.75) is 20.4 Å². The molecule has 0 radical (unpaired) electrons. The Morgan fingerprint density at radius 1 is 1.16 bits per heavy atom. The lowest BCUT2D eigenvalue weighted by molar-refractivity contribution is 0.0965. The number of anilines is 1. The monoisotopic (exact) mass is 356 g/mol. The van der Waals surface area contributed by atoms with Crippen LogP contribution < -0.4 is 16.4 Å². The predicted molar refractivity (Wildman–Crippen MR) is 97.1 cm³/mol. The number of benzene rings is 1. The summed E-state index contributed by atoms with van der Waals surface area (Å²) in [7, 11) is 0. The molecule has 0 fully saturated rings. The quantitative estimate of drug-likeness (QED) is 0.541.